The highest BCUT2D eigenvalue weighted by atomic mass is 35.5. The van der Waals surface area contributed by atoms with Gasteiger partial charge in [-0.25, -0.2) is 0 Å². The van der Waals surface area contributed by atoms with Gasteiger partial charge in [-0.05, 0) is 37.6 Å². The van der Waals surface area contributed by atoms with Gasteiger partial charge in [0, 0.05) is 29.1 Å². The Balaban J connectivity index is 2.15. The van der Waals surface area contributed by atoms with Crippen molar-refractivity contribution >= 4 is 22.5 Å². The molecule has 0 aliphatic carbocycles. The van der Waals surface area contributed by atoms with E-state index in [2.05, 4.69) is 17.2 Å². The predicted molar refractivity (Wildman–Crippen MR) is 74.8 cm³/mol. The maximum atomic E-state index is 6.17. The third-order valence-corrected chi connectivity index (χ3v) is 4.13. The maximum absolute atomic E-state index is 6.17. The monoisotopic (exact) mass is 264 g/mol. The molecule has 0 amide bonds. The van der Waals surface area contributed by atoms with E-state index in [1.54, 1.807) is 7.11 Å². The highest BCUT2D eigenvalue weighted by Gasteiger charge is 2.21. The van der Waals surface area contributed by atoms with E-state index in [1.807, 2.05) is 12.1 Å². The van der Waals surface area contributed by atoms with Crippen LogP contribution in [0.3, 0.4) is 0 Å². The van der Waals surface area contributed by atoms with E-state index in [0.717, 1.165) is 24.4 Å². The summed E-state index contributed by atoms with van der Waals surface area (Å²) in [4.78, 5) is 3.52. The van der Waals surface area contributed by atoms with Crippen LogP contribution in [-0.2, 0) is 0 Å². The fourth-order valence-corrected chi connectivity index (χ4v) is 3.06. The quantitative estimate of drug-likeness (QED) is 0.874. The molecule has 0 saturated carbocycles. The molecule has 1 aromatic carbocycles. The second-order valence-corrected chi connectivity index (χ2v) is 5.29. The van der Waals surface area contributed by atoms with Crippen LogP contribution in [0, 0.1) is 6.92 Å². The van der Waals surface area contributed by atoms with Gasteiger partial charge < -0.3 is 15.0 Å². The Hall–Kier alpha value is -1.19. The van der Waals surface area contributed by atoms with Crippen LogP contribution in [-0.4, -0.2) is 25.2 Å². The van der Waals surface area contributed by atoms with Gasteiger partial charge in [-0.1, -0.05) is 11.6 Å². The molecule has 3 nitrogen and oxygen atoms in total. The van der Waals surface area contributed by atoms with Crippen molar-refractivity contribution in [3.05, 3.63) is 28.4 Å². The van der Waals surface area contributed by atoms with E-state index in [9.17, 15) is 0 Å². The first kappa shape index (κ1) is 11.9. The minimum atomic E-state index is 0.585. The Morgan fingerprint density at radius 1 is 1.39 bits per heavy atom. The van der Waals surface area contributed by atoms with Gasteiger partial charge in [0.15, 0.2) is 0 Å². The lowest BCUT2D eigenvalue weighted by atomic mass is 10.0. The number of aryl methyl sites for hydroxylation is 1. The number of methoxy groups -OCH3 is 1. The van der Waals surface area contributed by atoms with Crippen molar-refractivity contribution in [1.29, 1.82) is 0 Å². The summed E-state index contributed by atoms with van der Waals surface area (Å²) >= 11 is 6.17. The van der Waals surface area contributed by atoms with Gasteiger partial charge in [-0.2, -0.15) is 0 Å². The van der Waals surface area contributed by atoms with Crippen molar-refractivity contribution in [2.75, 3.05) is 20.2 Å². The van der Waals surface area contributed by atoms with Gasteiger partial charge >= 0.3 is 0 Å². The number of hydrogen-bond donors (Lipinski definition) is 2. The number of aromatic nitrogens is 1. The Labute approximate surface area is 111 Å². The first-order valence-electron chi connectivity index (χ1n) is 6.27. The highest BCUT2D eigenvalue weighted by molar-refractivity contribution is 6.32. The number of nitrogens with one attached hydrogen (secondary N) is 2. The summed E-state index contributed by atoms with van der Waals surface area (Å²) in [5.41, 5.74) is 3.74. The predicted octanol–water partition coefficient (Wildman–Crippen LogP) is 3.22. The van der Waals surface area contributed by atoms with Crippen molar-refractivity contribution in [3.8, 4) is 5.75 Å². The average molecular weight is 265 g/mol. The average Bonchev–Trinajstić information content (AvgIpc) is 2.97. The summed E-state index contributed by atoms with van der Waals surface area (Å²) in [5.74, 6) is 1.32. The van der Waals surface area contributed by atoms with E-state index < -0.39 is 0 Å². The molecule has 2 heterocycles. The molecule has 1 atom stereocenters. The van der Waals surface area contributed by atoms with Crippen LogP contribution in [0.2, 0.25) is 5.02 Å². The van der Waals surface area contributed by atoms with Gasteiger partial charge in [0.2, 0.25) is 0 Å². The summed E-state index contributed by atoms with van der Waals surface area (Å²) in [7, 11) is 1.65. The summed E-state index contributed by atoms with van der Waals surface area (Å²) in [6.07, 6.45) is 1.19. The molecule has 1 aliphatic rings. The maximum Gasteiger partial charge on any atom is 0.138 e. The van der Waals surface area contributed by atoms with Crippen molar-refractivity contribution in [3.63, 3.8) is 0 Å². The minimum absolute atomic E-state index is 0.585. The number of hydrogen-bond acceptors (Lipinski definition) is 2. The summed E-state index contributed by atoms with van der Waals surface area (Å²) < 4.78 is 5.28. The van der Waals surface area contributed by atoms with Crippen LogP contribution in [0.1, 0.15) is 23.6 Å². The van der Waals surface area contributed by atoms with E-state index in [-0.39, 0.29) is 0 Å². The standard InChI is InChI=1S/C14H17ClN2O/c1-8-10-5-13(18-2)11(15)6-12(10)17-14(8)9-3-4-16-7-9/h5-6,9,16-17H,3-4,7H2,1-2H3. The third kappa shape index (κ3) is 1.78. The van der Waals surface area contributed by atoms with Gasteiger partial charge in [-0.3, -0.25) is 0 Å². The zero-order valence-electron chi connectivity index (χ0n) is 10.6. The van der Waals surface area contributed by atoms with Gasteiger partial charge in [0.25, 0.3) is 0 Å². The molecule has 0 bridgehead atoms. The van der Waals surface area contributed by atoms with Crippen LogP contribution in [0.25, 0.3) is 10.9 Å². The lowest BCUT2D eigenvalue weighted by Gasteiger charge is -2.07. The Kier molecular flexibility index (Phi) is 2.96. The smallest absolute Gasteiger partial charge is 0.138 e. The van der Waals surface area contributed by atoms with Gasteiger partial charge in [0.1, 0.15) is 5.75 Å². The number of ether oxygens (including phenoxy) is 1. The molecule has 1 unspecified atom stereocenters. The minimum Gasteiger partial charge on any atom is -0.495 e. The molecule has 18 heavy (non-hydrogen) atoms. The molecule has 2 N–H and O–H groups in total. The van der Waals surface area contributed by atoms with E-state index >= 15 is 0 Å². The molecule has 0 radical (unpaired) electrons. The first-order chi connectivity index (χ1) is 8.70. The summed E-state index contributed by atoms with van der Waals surface area (Å²) in [5, 5.41) is 5.27. The Bertz CT molecular complexity index is 585. The summed E-state index contributed by atoms with van der Waals surface area (Å²) in [6, 6.07) is 3.98. The molecule has 1 aliphatic heterocycles. The number of fused-ring (bicyclic) bond motifs is 1. The normalized spacial score (nSPS) is 19.6. The second kappa shape index (κ2) is 4.48. The number of rotatable bonds is 2. The van der Waals surface area contributed by atoms with Gasteiger partial charge in [-0.15, -0.1) is 0 Å². The molecule has 1 saturated heterocycles. The van der Waals surface area contributed by atoms with Crippen LogP contribution in [0.5, 0.6) is 5.75 Å². The molecule has 0 spiro atoms. The molecular weight excluding hydrogens is 248 g/mol. The number of halogens is 1. The lowest BCUT2D eigenvalue weighted by Crippen LogP contribution is -2.08. The molecule has 1 aromatic heterocycles. The van der Waals surface area contributed by atoms with E-state index in [0.29, 0.717) is 10.9 Å². The van der Waals surface area contributed by atoms with Crippen LogP contribution < -0.4 is 10.1 Å². The molecule has 2 aromatic rings. The highest BCUT2D eigenvalue weighted by Crippen LogP contribution is 2.35. The van der Waals surface area contributed by atoms with Crippen molar-refractivity contribution in [2.24, 2.45) is 0 Å². The van der Waals surface area contributed by atoms with E-state index in [4.69, 9.17) is 16.3 Å². The summed E-state index contributed by atoms with van der Waals surface area (Å²) in [6.45, 7) is 4.32. The van der Waals surface area contributed by atoms with Gasteiger partial charge in [0.05, 0.1) is 12.1 Å². The van der Waals surface area contributed by atoms with Crippen molar-refractivity contribution in [1.82, 2.24) is 10.3 Å². The van der Waals surface area contributed by atoms with E-state index in [1.165, 1.54) is 23.1 Å². The molecule has 96 valence electrons. The fourth-order valence-electron chi connectivity index (χ4n) is 2.82. The molecule has 1 fully saturated rings. The zero-order chi connectivity index (χ0) is 12.7. The molecule has 3 rings (SSSR count). The fraction of sp³-hybridized carbons (Fsp3) is 0.429. The number of H-pyrrole nitrogens is 1. The van der Waals surface area contributed by atoms with Crippen LogP contribution >= 0.6 is 11.6 Å². The topological polar surface area (TPSA) is 37.0 Å². The molecule has 4 heteroatoms. The Morgan fingerprint density at radius 2 is 2.22 bits per heavy atom. The third-order valence-electron chi connectivity index (χ3n) is 3.84. The van der Waals surface area contributed by atoms with Crippen LogP contribution in [0.4, 0.5) is 0 Å². The number of aromatic amines is 1. The molecular formula is C14H17ClN2O. The lowest BCUT2D eigenvalue weighted by molar-refractivity contribution is 0.415. The van der Waals surface area contributed by atoms with Crippen molar-refractivity contribution in [2.45, 2.75) is 19.3 Å². The van der Waals surface area contributed by atoms with Crippen molar-refractivity contribution < 1.29 is 4.74 Å². The largest absolute Gasteiger partial charge is 0.495 e. The zero-order valence-corrected chi connectivity index (χ0v) is 11.4. The number of benzene rings is 1. The second-order valence-electron chi connectivity index (χ2n) is 4.89. The first-order valence-corrected chi connectivity index (χ1v) is 6.65. The van der Waals surface area contributed by atoms with Crippen LogP contribution in [0.15, 0.2) is 12.1 Å². The Morgan fingerprint density at radius 3 is 2.89 bits per heavy atom. The SMILES string of the molecule is COc1cc2c(C)c(C3CCNC3)[nH]c2cc1Cl.